The molecule has 4 nitrogen and oxygen atoms in total. The van der Waals surface area contributed by atoms with Gasteiger partial charge in [0.15, 0.2) is 0 Å². The number of nitrogens with two attached hydrogens (primary N) is 1. The Hall–Kier alpha value is -1.68. The van der Waals surface area contributed by atoms with Crippen LogP contribution in [0, 0.1) is 0 Å². The smallest absolute Gasteiger partial charge is 0.126 e. The van der Waals surface area contributed by atoms with Crippen molar-refractivity contribution >= 4 is 11.9 Å². The highest BCUT2D eigenvalue weighted by atomic mass is 15.2. The molecule has 70 valence electrons. The SMILES string of the molecule is NC1=CC=C2N=CC=CC23NCN=C13. The third-order valence-corrected chi connectivity index (χ3v) is 2.71. The fourth-order valence-electron chi connectivity index (χ4n) is 2.04. The molecule has 2 aliphatic heterocycles. The van der Waals surface area contributed by atoms with Crippen LogP contribution in [0.5, 0.6) is 0 Å². The minimum Gasteiger partial charge on any atom is -0.397 e. The van der Waals surface area contributed by atoms with Crippen LogP contribution in [0.25, 0.3) is 0 Å². The molecule has 1 spiro atoms. The van der Waals surface area contributed by atoms with Crippen LogP contribution in [0.2, 0.25) is 0 Å². The number of hydrogen-bond donors (Lipinski definition) is 2. The van der Waals surface area contributed by atoms with E-state index in [1.165, 1.54) is 0 Å². The molecule has 3 rings (SSSR count). The van der Waals surface area contributed by atoms with Crippen LogP contribution >= 0.6 is 0 Å². The van der Waals surface area contributed by atoms with Crippen molar-refractivity contribution < 1.29 is 0 Å². The Bertz CT molecular complexity index is 439. The van der Waals surface area contributed by atoms with Gasteiger partial charge in [0.2, 0.25) is 0 Å². The number of rotatable bonds is 0. The first-order valence-corrected chi connectivity index (χ1v) is 4.53. The van der Waals surface area contributed by atoms with Gasteiger partial charge in [0, 0.05) is 6.21 Å². The van der Waals surface area contributed by atoms with Crippen LogP contribution in [-0.4, -0.2) is 24.1 Å². The third-order valence-electron chi connectivity index (χ3n) is 2.71. The molecular formula is C10H10N4. The summed E-state index contributed by atoms with van der Waals surface area (Å²) in [6, 6.07) is 0. The van der Waals surface area contributed by atoms with Crippen molar-refractivity contribution in [2.24, 2.45) is 15.7 Å². The normalized spacial score (nSPS) is 33.0. The van der Waals surface area contributed by atoms with Crippen molar-refractivity contribution in [2.45, 2.75) is 5.54 Å². The average Bonchev–Trinajstić information content (AvgIpc) is 2.62. The summed E-state index contributed by atoms with van der Waals surface area (Å²) in [4.78, 5) is 8.69. The monoisotopic (exact) mass is 186 g/mol. The highest BCUT2D eigenvalue weighted by Gasteiger charge is 2.43. The molecular weight excluding hydrogens is 176 g/mol. The molecule has 1 atom stereocenters. The van der Waals surface area contributed by atoms with Gasteiger partial charge in [-0.25, -0.2) is 0 Å². The number of hydrogen-bond acceptors (Lipinski definition) is 4. The van der Waals surface area contributed by atoms with Crippen LogP contribution in [-0.2, 0) is 0 Å². The lowest BCUT2D eigenvalue weighted by Crippen LogP contribution is -2.50. The molecule has 0 aromatic heterocycles. The zero-order valence-corrected chi connectivity index (χ0v) is 7.57. The quantitative estimate of drug-likeness (QED) is 0.564. The van der Waals surface area contributed by atoms with Crippen molar-refractivity contribution in [3.63, 3.8) is 0 Å². The maximum absolute atomic E-state index is 5.88. The molecule has 2 heterocycles. The lowest BCUT2D eigenvalue weighted by molar-refractivity contribution is 0.624. The van der Waals surface area contributed by atoms with Gasteiger partial charge in [-0.3, -0.25) is 15.3 Å². The molecule has 0 fully saturated rings. The molecule has 0 amide bonds. The average molecular weight is 186 g/mol. The van der Waals surface area contributed by atoms with Gasteiger partial charge in [0.1, 0.15) is 5.54 Å². The van der Waals surface area contributed by atoms with E-state index in [1.807, 2.05) is 18.2 Å². The Kier molecular flexibility index (Phi) is 1.33. The largest absolute Gasteiger partial charge is 0.397 e. The van der Waals surface area contributed by atoms with E-state index in [1.54, 1.807) is 6.21 Å². The van der Waals surface area contributed by atoms with Gasteiger partial charge in [-0.2, -0.15) is 0 Å². The predicted molar refractivity (Wildman–Crippen MR) is 56.2 cm³/mol. The van der Waals surface area contributed by atoms with E-state index in [9.17, 15) is 0 Å². The number of allylic oxidation sites excluding steroid dienone is 3. The Morgan fingerprint density at radius 3 is 3.29 bits per heavy atom. The summed E-state index contributed by atoms with van der Waals surface area (Å²) in [6.07, 6.45) is 9.55. The highest BCUT2D eigenvalue weighted by molar-refractivity contribution is 6.13. The lowest BCUT2D eigenvalue weighted by Gasteiger charge is -2.32. The van der Waals surface area contributed by atoms with E-state index in [4.69, 9.17) is 5.73 Å². The van der Waals surface area contributed by atoms with E-state index < -0.39 is 0 Å². The predicted octanol–water partition coefficient (Wildman–Crippen LogP) is 0.108. The molecule has 4 heteroatoms. The van der Waals surface area contributed by atoms with E-state index >= 15 is 0 Å². The second-order valence-electron chi connectivity index (χ2n) is 3.46. The second-order valence-corrected chi connectivity index (χ2v) is 3.46. The maximum Gasteiger partial charge on any atom is 0.126 e. The van der Waals surface area contributed by atoms with E-state index in [2.05, 4.69) is 21.4 Å². The molecule has 0 aromatic rings. The second kappa shape index (κ2) is 2.42. The summed E-state index contributed by atoms with van der Waals surface area (Å²) in [6.45, 7) is 0.598. The summed E-state index contributed by atoms with van der Waals surface area (Å²) in [5.74, 6) is 0. The summed E-state index contributed by atoms with van der Waals surface area (Å²) >= 11 is 0. The number of aliphatic imine (C=N–C) groups is 2. The Balaban J connectivity index is 2.24. The Morgan fingerprint density at radius 2 is 2.36 bits per heavy atom. The van der Waals surface area contributed by atoms with Gasteiger partial charge in [-0.1, -0.05) is 6.08 Å². The lowest BCUT2D eigenvalue weighted by atomic mass is 9.83. The Morgan fingerprint density at radius 1 is 1.43 bits per heavy atom. The van der Waals surface area contributed by atoms with Gasteiger partial charge in [0.05, 0.1) is 23.8 Å². The fourth-order valence-corrected chi connectivity index (χ4v) is 2.04. The molecule has 3 N–H and O–H groups in total. The van der Waals surface area contributed by atoms with Crippen molar-refractivity contribution in [2.75, 3.05) is 6.67 Å². The first-order chi connectivity index (χ1) is 6.83. The molecule has 0 saturated carbocycles. The first kappa shape index (κ1) is 7.70. The maximum atomic E-state index is 5.88. The van der Waals surface area contributed by atoms with Crippen LogP contribution in [0.3, 0.4) is 0 Å². The van der Waals surface area contributed by atoms with Crippen molar-refractivity contribution in [3.8, 4) is 0 Å². The van der Waals surface area contributed by atoms with E-state index in [0.29, 0.717) is 6.67 Å². The highest BCUT2D eigenvalue weighted by Crippen LogP contribution is 2.32. The summed E-state index contributed by atoms with van der Waals surface area (Å²) < 4.78 is 0. The molecule has 0 saturated heterocycles. The molecule has 0 bridgehead atoms. The van der Waals surface area contributed by atoms with Gasteiger partial charge in [-0.15, -0.1) is 0 Å². The molecule has 3 aliphatic rings. The van der Waals surface area contributed by atoms with Crippen LogP contribution in [0.15, 0.2) is 45.7 Å². The number of nitrogens with one attached hydrogen (secondary N) is 1. The number of nitrogens with zero attached hydrogens (tertiary/aromatic N) is 2. The molecule has 0 aromatic carbocycles. The molecule has 14 heavy (non-hydrogen) atoms. The van der Waals surface area contributed by atoms with E-state index in [-0.39, 0.29) is 5.54 Å². The van der Waals surface area contributed by atoms with E-state index in [0.717, 1.165) is 17.1 Å². The van der Waals surface area contributed by atoms with Gasteiger partial charge < -0.3 is 5.73 Å². The molecule has 0 radical (unpaired) electrons. The minimum absolute atomic E-state index is 0.354. The van der Waals surface area contributed by atoms with Crippen molar-refractivity contribution in [1.82, 2.24) is 5.32 Å². The van der Waals surface area contributed by atoms with Gasteiger partial charge >= 0.3 is 0 Å². The standard InChI is InChI=1S/C10H10N4/c11-7-2-3-8-10(4-1-5-12-8)9(7)13-6-14-10/h1-5,14H,6,11H2. The molecule has 1 unspecified atom stereocenters. The Labute approximate surface area is 81.6 Å². The number of dihydropyridines is 1. The third kappa shape index (κ3) is 0.761. The topological polar surface area (TPSA) is 62.8 Å². The van der Waals surface area contributed by atoms with Crippen molar-refractivity contribution in [3.05, 3.63) is 35.7 Å². The minimum atomic E-state index is -0.354. The summed E-state index contributed by atoms with van der Waals surface area (Å²) in [7, 11) is 0. The van der Waals surface area contributed by atoms with Gasteiger partial charge in [-0.05, 0) is 18.2 Å². The summed E-state index contributed by atoms with van der Waals surface area (Å²) in [5, 5.41) is 3.31. The zero-order chi connectivity index (χ0) is 9.60. The zero-order valence-electron chi connectivity index (χ0n) is 7.57. The van der Waals surface area contributed by atoms with Crippen molar-refractivity contribution in [1.29, 1.82) is 0 Å². The molecule has 1 aliphatic carbocycles. The first-order valence-electron chi connectivity index (χ1n) is 4.53. The summed E-state index contributed by atoms with van der Waals surface area (Å²) in [5.41, 5.74) is 8.11. The van der Waals surface area contributed by atoms with Crippen LogP contribution in [0.1, 0.15) is 0 Å². The van der Waals surface area contributed by atoms with Gasteiger partial charge in [0.25, 0.3) is 0 Å². The van der Waals surface area contributed by atoms with Crippen LogP contribution < -0.4 is 11.1 Å². The fraction of sp³-hybridized carbons (Fsp3) is 0.200. The van der Waals surface area contributed by atoms with Crippen LogP contribution in [0.4, 0.5) is 0 Å².